The molecule has 0 aromatic rings. The van der Waals surface area contributed by atoms with Crippen LogP contribution in [-0.4, -0.2) is 28.6 Å². The van der Waals surface area contributed by atoms with E-state index in [4.69, 9.17) is 9.84 Å². The molecule has 4 nitrogen and oxygen atoms in total. The molecule has 0 saturated carbocycles. The molecule has 1 heterocycles. The van der Waals surface area contributed by atoms with Gasteiger partial charge < -0.3 is 14.9 Å². The van der Waals surface area contributed by atoms with Crippen molar-refractivity contribution in [2.24, 2.45) is 17.8 Å². The third kappa shape index (κ3) is 1.84. The van der Waals surface area contributed by atoms with E-state index < -0.39 is 18.4 Å². The van der Waals surface area contributed by atoms with E-state index in [-0.39, 0.29) is 17.8 Å². The summed E-state index contributed by atoms with van der Waals surface area (Å²) in [5.74, 6) is -0.906. The van der Waals surface area contributed by atoms with E-state index in [0.29, 0.717) is 0 Å². The Hall–Kier alpha value is -0.610. The maximum Gasteiger partial charge on any atom is 0.333 e. The second kappa shape index (κ2) is 3.64. The molecule has 2 N–H and O–H groups in total. The van der Waals surface area contributed by atoms with Gasteiger partial charge in [0.15, 0.2) is 12.4 Å². The molecule has 2 unspecified atom stereocenters. The van der Waals surface area contributed by atoms with Gasteiger partial charge in [0.1, 0.15) is 0 Å². The molecule has 1 fully saturated rings. The average molecular weight is 188 g/mol. The fourth-order valence-electron chi connectivity index (χ4n) is 1.70. The van der Waals surface area contributed by atoms with Crippen molar-refractivity contribution in [1.82, 2.24) is 0 Å². The van der Waals surface area contributed by atoms with Gasteiger partial charge in [-0.15, -0.1) is 0 Å². The van der Waals surface area contributed by atoms with E-state index in [1.165, 1.54) is 0 Å². The van der Waals surface area contributed by atoms with Crippen molar-refractivity contribution in [2.75, 3.05) is 0 Å². The highest BCUT2D eigenvalue weighted by atomic mass is 16.6. The van der Waals surface area contributed by atoms with Crippen LogP contribution in [0.15, 0.2) is 0 Å². The van der Waals surface area contributed by atoms with Crippen molar-refractivity contribution in [3.8, 4) is 0 Å². The summed E-state index contributed by atoms with van der Waals surface area (Å²) in [6, 6.07) is 0. The fourth-order valence-corrected chi connectivity index (χ4v) is 1.70. The molecule has 13 heavy (non-hydrogen) atoms. The highest BCUT2D eigenvalue weighted by Gasteiger charge is 2.41. The Labute approximate surface area is 77.5 Å². The molecule has 0 aromatic carbocycles. The Kier molecular flexibility index (Phi) is 2.93. The van der Waals surface area contributed by atoms with Crippen LogP contribution in [0.3, 0.4) is 0 Å². The number of ether oxygens (including phenoxy) is 1. The zero-order valence-corrected chi connectivity index (χ0v) is 8.10. The maximum absolute atomic E-state index is 10.7. The first-order valence-corrected chi connectivity index (χ1v) is 4.51. The van der Waals surface area contributed by atoms with Crippen LogP contribution in [0.5, 0.6) is 0 Å². The first-order valence-electron chi connectivity index (χ1n) is 4.51. The molecule has 76 valence electrons. The van der Waals surface area contributed by atoms with Crippen LogP contribution in [0.2, 0.25) is 0 Å². The fraction of sp³-hybridized carbons (Fsp3) is 0.889. The average Bonchev–Trinajstić information content (AvgIpc) is 2.07. The SMILES string of the molecule is CC1[C@H](O)OC(C(=O)O)[C@@H](C)[C@H]1C. The highest BCUT2D eigenvalue weighted by molar-refractivity contribution is 5.72. The normalized spacial score (nSPS) is 46.0. The zero-order chi connectivity index (χ0) is 10.2. The molecule has 5 atom stereocenters. The summed E-state index contributed by atoms with van der Waals surface area (Å²) in [7, 11) is 0. The summed E-state index contributed by atoms with van der Waals surface area (Å²) in [6.07, 6.45) is -1.83. The molecule has 0 spiro atoms. The number of hydrogen-bond donors (Lipinski definition) is 2. The largest absolute Gasteiger partial charge is 0.479 e. The van der Waals surface area contributed by atoms with Crippen molar-refractivity contribution < 1.29 is 19.7 Å². The number of hydrogen-bond acceptors (Lipinski definition) is 3. The van der Waals surface area contributed by atoms with Gasteiger partial charge in [-0.1, -0.05) is 20.8 Å². The summed E-state index contributed by atoms with van der Waals surface area (Å²) in [5.41, 5.74) is 0. The topological polar surface area (TPSA) is 66.8 Å². The van der Waals surface area contributed by atoms with Crippen LogP contribution in [-0.2, 0) is 9.53 Å². The molecule has 1 aliphatic rings. The Bertz CT molecular complexity index is 204. The van der Waals surface area contributed by atoms with Crippen molar-refractivity contribution in [1.29, 1.82) is 0 Å². The molecule has 4 heteroatoms. The zero-order valence-electron chi connectivity index (χ0n) is 8.10. The Balaban J connectivity index is 2.76. The third-order valence-corrected chi connectivity index (χ3v) is 3.12. The van der Waals surface area contributed by atoms with Gasteiger partial charge in [-0.3, -0.25) is 0 Å². The summed E-state index contributed by atoms with van der Waals surface area (Å²) in [6.45, 7) is 5.65. The minimum Gasteiger partial charge on any atom is -0.479 e. The number of aliphatic carboxylic acids is 1. The van der Waals surface area contributed by atoms with E-state index in [2.05, 4.69) is 0 Å². The minimum absolute atomic E-state index is 0.00870. The Morgan fingerprint density at radius 1 is 1.15 bits per heavy atom. The second-order valence-corrected chi connectivity index (χ2v) is 3.86. The lowest BCUT2D eigenvalue weighted by atomic mass is 9.79. The van der Waals surface area contributed by atoms with E-state index in [1.54, 1.807) is 0 Å². The molecular formula is C9H16O4. The molecular weight excluding hydrogens is 172 g/mol. The van der Waals surface area contributed by atoms with Crippen molar-refractivity contribution >= 4 is 5.97 Å². The summed E-state index contributed by atoms with van der Waals surface area (Å²) < 4.78 is 5.00. The third-order valence-electron chi connectivity index (χ3n) is 3.12. The Morgan fingerprint density at radius 3 is 2.15 bits per heavy atom. The molecule has 0 aliphatic carbocycles. The van der Waals surface area contributed by atoms with E-state index in [0.717, 1.165) is 0 Å². The lowest BCUT2D eigenvalue weighted by Crippen LogP contribution is -2.48. The van der Waals surface area contributed by atoms with Gasteiger partial charge >= 0.3 is 5.97 Å². The molecule has 0 aromatic heterocycles. The second-order valence-electron chi connectivity index (χ2n) is 3.86. The highest BCUT2D eigenvalue weighted by Crippen LogP contribution is 2.33. The summed E-state index contributed by atoms with van der Waals surface area (Å²) in [5, 5.41) is 18.2. The van der Waals surface area contributed by atoms with Gasteiger partial charge in [0.2, 0.25) is 0 Å². The first kappa shape index (κ1) is 10.5. The number of carboxylic acid groups (broad SMARTS) is 1. The number of carboxylic acids is 1. The van der Waals surface area contributed by atoms with Gasteiger partial charge in [0, 0.05) is 5.92 Å². The number of aliphatic hydroxyl groups is 1. The van der Waals surface area contributed by atoms with Crippen LogP contribution < -0.4 is 0 Å². The lowest BCUT2D eigenvalue weighted by molar-refractivity contribution is -0.230. The van der Waals surface area contributed by atoms with Crippen molar-refractivity contribution in [3.05, 3.63) is 0 Å². The van der Waals surface area contributed by atoms with E-state index >= 15 is 0 Å². The van der Waals surface area contributed by atoms with E-state index in [9.17, 15) is 9.90 Å². The smallest absolute Gasteiger partial charge is 0.333 e. The maximum atomic E-state index is 10.7. The minimum atomic E-state index is -0.995. The van der Waals surface area contributed by atoms with Crippen LogP contribution >= 0.6 is 0 Å². The van der Waals surface area contributed by atoms with E-state index in [1.807, 2.05) is 20.8 Å². The number of carbonyl (C=O) groups is 1. The number of aliphatic hydroxyl groups excluding tert-OH is 1. The van der Waals surface area contributed by atoms with Crippen molar-refractivity contribution in [2.45, 2.75) is 33.2 Å². The first-order chi connectivity index (χ1) is 5.95. The van der Waals surface area contributed by atoms with Crippen molar-refractivity contribution in [3.63, 3.8) is 0 Å². The van der Waals surface area contributed by atoms with Gasteiger partial charge in [-0.05, 0) is 11.8 Å². The Morgan fingerprint density at radius 2 is 1.69 bits per heavy atom. The molecule has 1 rings (SSSR count). The molecule has 0 bridgehead atoms. The predicted molar refractivity (Wildman–Crippen MR) is 46.0 cm³/mol. The summed E-state index contributed by atoms with van der Waals surface area (Å²) in [4.78, 5) is 10.7. The quantitative estimate of drug-likeness (QED) is 0.635. The van der Waals surface area contributed by atoms with Crippen LogP contribution in [0, 0.1) is 17.8 Å². The van der Waals surface area contributed by atoms with Gasteiger partial charge in [0.25, 0.3) is 0 Å². The van der Waals surface area contributed by atoms with Gasteiger partial charge in [-0.25, -0.2) is 4.79 Å². The van der Waals surface area contributed by atoms with Gasteiger partial charge in [-0.2, -0.15) is 0 Å². The molecule has 1 saturated heterocycles. The van der Waals surface area contributed by atoms with Crippen LogP contribution in [0.25, 0.3) is 0 Å². The monoisotopic (exact) mass is 188 g/mol. The summed E-state index contributed by atoms with van der Waals surface area (Å²) >= 11 is 0. The lowest BCUT2D eigenvalue weighted by Gasteiger charge is -2.39. The number of rotatable bonds is 1. The standard InChI is InChI=1S/C9H16O4/c1-4-5(2)7(8(10)11)13-9(12)6(4)3/h4-7,9,12H,1-3H3,(H,10,11)/t4-,5+,6?,7?,9-/m1/s1. The van der Waals surface area contributed by atoms with Gasteiger partial charge in [0.05, 0.1) is 0 Å². The predicted octanol–water partition coefficient (Wildman–Crippen LogP) is 0.696. The molecule has 0 radical (unpaired) electrons. The molecule has 0 amide bonds. The molecule has 1 aliphatic heterocycles. The van der Waals surface area contributed by atoms with Crippen LogP contribution in [0.4, 0.5) is 0 Å². The van der Waals surface area contributed by atoms with Crippen LogP contribution in [0.1, 0.15) is 20.8 Å².